The average Bonchev–Trinajstić information content (AvgIpc) is 3.58. The predicted octanol–water partition coefficient (Wildman–Crippen LogP) is 8.93. The second-order valence-corrected chi connectivity index (χ2v) is 15.9. The lowest BCUT2D eigenvalue weighted by atomic mass is 9.92. The largest absolute Gasteiger partial charge is 0.507 e. The topological polar surface area (TPSA) is 104 Å². The molecule has 0 bridgehead atoms. The number of phenolic OH excluding ortho intramolecular Hbond substituents is 1. The van der Waals surface area contributed by atoms with Gasteiger partial charge in [-0.3, -0.25) is 4.40 Å². The second-order valence-electron chi connectivity index (χ2n) is 15.9. The summed E-state index contributed by atoms with van der Waals surface area (Å²) in [6.45, 7) is 22.0. The van der Waals surface area contributed by atoms with Crippen LogP contribution in [0.3, 0.4) is 0 Å². The lowest BCUT2D eigenvalue weighted by molar-refractivity contribution is -0.164. The first-order valence-electron chi connectivity index (χ1n) is 19.4. The Bertz CT molecular complexity index is 1890. The molecule has 294 valence electrons. The molecule has 1 fully saturated rings. The molecule has 0 amide bonds. The molecule has 0 radical (unpaired) electrons. The van der Waals surface area contributed by atoms with Crippen molar-refractivity contribution in [2.75, 3.05) is 51.5 Å². The smallest absolute Gasteiger partial charge is 0.339 e. The quantitative estimate of drug-likeness (QED) is 0.0890. The van der Waals surface area contributed by atoms with E-state index in [4.69, 9.17) is 28.7 Å². The van der Waals surface area contributed by atoms with E-state index in [1.54, 1.807) is 6.07 Å². The summed E-state index contributed by atoms with van der Waals surface area (Å²) in [7, 11) is 1.41. The van der Waals surface area contributed by atoms with Gasteiger partial charge in [0.2, 0.25) is 0 Å². The van der Waals surface area contributed by atoms with Crippen LogP contribution in [-0.4, -0.2) is 84.4 Å². The predicted molar refractivity (Wildman–Crippen MR) is 214 cm³/mol. The zero-order chi connectivity index (χ0) is 39.2. The molecule has 4 aromatic rings. The van der Waals surface area contributed by atoms with Crippen molar-refractivity contribution in [1.29, 1.82) is 0 Å². The highest BCUT2D eigenvalue weighted by molar-refractivity contribution is 5.82. The van der Waals surface area contributed by atoms with E-state index in [0.29, 0.717) is 32.9 Å². The van der Waals surface area contributed by atoms with E-state index in [1.807, 2.05) is 78.8 Å². The molecule has 0 aliphatic carbocycles. The van der Waals surface area contributed by atoms with Gasteiger partial charge in [-0.2, -0.15) is 0 Å². The molecule has 2 aromatic heterocycles. The monoisotopic (exact) mass is 743 g/mol. The summed E-state index contributed by atoms with van der Waals surface area (Å²) in [6, 6.07) is 13.8. The van der Waals surface area contributed by atoms with Crippen molar-refractivity contribution in [3.8, 4) is 28.1 Å². The van der Waals surface area contributed by atoms with E-state index in [0.717, 1.165) is 88.4 Å². The van der Waals surface area contributed by atoms with Crippen molar-refractivity contribution in [2.45, 2.75) is 111 Å². The lowest BCUT2D eigenvalue weighted by Crippen LogP contribution is -2.46. The zero-order valence-corrected chi connectivity index (χ0v) is 34.1. The first kappa shape index (κ1) is 41.2. The number of nitrogens with zero attached hydrogens (tertiary/aromatic N) is 3. The Morgan fingerprint density at radius 1 is 1.00 bits per heavy atom. The number of rotatable bonds is 16. The number of imidazole rings is 1. The summed E-state index contributed by atoms with van der Waals surface area (Å²) in [5.74, 6) is 0.652. The lowest BCUT2D eigenvalue weighted by Gasteiger charge is -2.42. The number of aromatic hydroxyl groups is 1. The Balaban J connectivity index is 1.48. The maximum absolute atomic E-state index is 13.6. The number of hydrogen-bond donors (Lipinski definition) is 1. The van der Waals surface area contributed by atoms with Crippen molar-refractivity contribution in [3.63, 3.8) is 0 Å². The van der Waals surface area contributed by atoms with Gasteiger partial charge in [-0.05, 0) is 109 Å². The van der Waals surface area contributed by atoms with Crippen LogP contribution in [0, 0.1) is 20.8 Å². The number of unbranched alkanes of at least 4 members (excludes halogenated alkanes) is 1. The van der Waals surface area contributed by atoms with Gasteiger partial charge in [-0.15, -0.1) is 0 Å². The summed E-state index contributed by atoms with van der Waals surface area (Å²) < 4.78 is 32.2. The summed E-state index contributed by atoms with van der Waals surface area (Å²) in [5, 5.41) is 10.8. The molecular weight excluding hydrogens is 682 g/mol. The molecule has 10 nitrogen and oxygen atoms in total. The van der Waals surface area contributed by atoms with Crippen molar-refractivity contribution < 1.29 is 33.6 Å². The normalized spacial score (nSPS) is 15.8. The van der Waals surface area contributed by atoms with Crippen molar-refractivity contribution in [2.24, 2.45) is 0 Å². The number of aryl methyl sites for hydroxylation is 2. The first-order valence-corrected chi connectivity index (χ1v) is 19.4. The van der Waals surface area contributed by atoms with Gasteiger partial charge in [0, 0.05) is 42.6 Å². The van der Waals surface area contributed by atoms with E-state index in [2.05, 4.69) is 35.4 Å². The highest BCUT2D eigenvalue weighted by atomic mass is 16.6. The molecule has 2 atom stereocenters. The molecule has 5 rings (SSSR count). The number of methoxy groups -OCH3 is 1. The van der Waals surface area contributed by atoms with Crippen molar-refractivity contribution in [3.05, 3.63) is 70.9 Å². The maximum Gasteiger partial charge on any atom is 0.339 e. The Morgan fingerprint density at radius 3 is 2.39 bits per heavy atom. The Labute approximate surface area is 321 Å². The number of fused-ring (bicyclic) bond motifs is 1. The fourth-order valence-corrected chi connectivity index (χ4v) is 7.08. The van der Waals surface area contributed by atoms with Gasteiger partial charge in [-0.25, -0.2) is 9.78 Å². The van der Waals surface area contributed by atoms with Crippen LogP contribution in [0.1, 0.15) is 95.6 Å². The van der Waals surface area contributed by atoms with Crippen LogP contribution in [0.2, 0.25) is 0 Å². The highest BCUT2D eigenvalue weighted by Crippen LogP contribution is 2.41. The average molecular weight is 744 g/mol. The number of ether oxygens (including phenoxy) is 5. The van der Waals surface area contributed by atoms with E-state index in [-0.39, 0.29) is 17.5 Å². The maximum atomic E-state index is 13.6. The number of carbonyl (C=O) groups excluding carboxylic acids is 1. The number of aromatic nitrogens is 2. The third-order valence-electron chi connectivity index (χ3n) is 10.3. The summed E-state index contributed by atoms with van der Waals surface area (Å²) in [4.78, 5) is 21.1. The van der Waals surface area contributed by atoms with Crippen LogP contribution in [0.5, 0.6) is 5.75 Å². The highest BCUT2D eigenvalue weighted by Gasteiger charge is 2.38. The third kappa shape index (κ3) is 9.82. The molecule has 0 saturated carbocycles. The van der Waals surface area contributed by atoms with Gasteiger partial charge in [0.25, 0.3) is 0 Å². The fraction of sp³-hybridized carbons (Fsp3) is 0.545. The van der Waals surface area contributed by atoms with Crippen LogP contribution in [0.15, 0.2) is 48.7 Å². The van der Waals surface area contributed by atoms with Gasteiger partial charge in [0.05, 0.1) is 49.9 Å². The first-order chi connectivity index (χ1) is 25.6. The molecule has 1 N–H and O–H groups in total. The Hall–Kier alpha value is -3.96. The molecule has 54 heavy (non-hydrogen) atoms. The number of anilines is 1. The van der Waals surface area contributed by atoms with Gasteiger partial charge in [0.15, 0.2) is 6.10 Å². The molecule has 0 unspecified atom stereocenters. The van der Waals surface area contributed by atoms with Crippen LogP contribution in [-0.2, 0) is 28.5 Å². The van der Waals surface area contributed by atoms with Gasteiger partial charge < -0.3 is 33.7 Å². The summed E-state index contributed by atoms with van der Waals surface area (Å²) in [6.07, 6.45) is 4.89. The molecule has 10 heteroatoms. The fourth-order valence-electron chi connectivity index (χ4n) is 7.08. The number of piperidine rings is 1. The minimum Gasteiger partial charge on any atom is -0.507 e. The van der Waals surface area contributed by atoms with Crippen molar-refractivity contribution >= 4 is 17.4 Å². The molecule has 1 aliphatic rings. The summed E-state index contributed by atoms with van der Waals surface area (Å²) in [5.41, 5.74) is 6.87. The van der Waals surface area contributed by atoms with Crippen molar-refractivity contribution in [1.82, 2.24) is 9.38 Å². The minimum atomic E-state index is -0.957. The Kier molecular flexibility index (Phi) is 13.5. The molecule has 3 heterocycles. The van der Waals surface area contributed by atoms with Crippen LogP contribution < -0.4 is 4.90 Å². The van der Waals surface area contributed by atoms with E-state index in [1.165, 1.54) is 7.11 Å². The van der Waals surface area contributed by atoms with E-state index < -0.39 is 17.7 Å². The number of esters is 1. The van der Waals surface area contributed by atoms with Gasteiger partial charge in [-0.1, -0.05) is 43.7 Å². The number of hydrogen-bond acceptors (Lipinski definition) is 9. The van der Waals surface area contributed by atoms with Crippen LogP contribution in [0.4, 0.5) is 5.82 Å². The molecule has 1 aliphatic heterocycles. The molecule has 0 spiro atoms. The number of benzene rings is 2. The standard InChI is InChI=1S/C44H61N3O7/c1-11-12-22-52-30(3)28-51-23-24-53-44(9)18-20-46(21-19-44)41-38(39(42(49)50-10)54-43(6,7)8)31(4)32(5)40-45-36(27-47(40)41)34-15-13-14-33(26-34)35-17-16-29(2)25-37(35)48/h13-17,25-27,30,39,48H,11-12,18-24,28H2,1-10H3/t30-,39+/m1/s1. The summed E-state index contributed by atoms with van der Waals surface area (Å²) >= 11 is 0. The van der Waals surface area contributed by atoms with E-state index in [9.17, 15) is 9.90 Å². The minimum absolute atomic E-state index is 0.0599. The number of pyridine rings is 1. The van der Waals surface area contributed by atoms with Gasteiger partial charge in [0.1, 0.15) is 17.2 Å². The number of carbonyl (C=O) groups is 1. The van der Waals surface area contributed by atoms with Crippen LogP contribution >= 0.6 is 0 Å². The Morgan fingerprint density at radius 2 is 1.72 bits per heavy atom. The third-order valence-corrected chi connectivity index (χ3v) is 10.3. The zero-order valence-electron chi connectivity index (χ0n) is 34.1. The number of phenols is 1. The second kappa shape index (κ2) is 17.7. The van der Waals surface area contributed by atoms with Gasteiger partial charge >= 0.3 is 5.97 Å². The molecule has 1 saturated heterocycles. The SMILES string of the molecule is CCCCO[C@H](C)COCCOC1(C)CCN(c2c([C@H](OC(C)(C)C)C(=O)OC)c(C)c(C)c3nc(-c4cccc(-c5ccc(C)cc5O)c4)cn23)CC1. The molecule has 2 aromatic carbocycles. The molecular formula is C44H61N3O7. The van der Waals surface area contributed by atoms with Crippen LogP contribution in [0.25, 0.3) is 28.0 Å². The van der Waals surface area contributed by atoms with E-state index >= 15 is 0 Å².